The summed E-state index contributed by atoms with van der Waals surface area (Å²) in [5.74, 6) is 0.429. The van der Waals surface area contributed by atoms with Crippen LogP contribution in [-0.2, 0) is 9.59 Å². The minimum atomic E-state index is -0.332. The molecule has 0 bridgehead atoms. The summed E-state index contributed by atoms with van der Waals surface area (Å²) in [6.45, 7) is 4.75. The fourth-order valence-electron chi connectivity index (χ4n) is 4.07. The highest BCUT2D eigenvalue weighted by molar-refractivity contribution is 5.94. The summed E-state index contributed by atoms with van der Waals surface area (Å²) in [6, 6.07) is 15.2. The molecule has 2 atom stereocenters. The van der Waals surface area contributed by atoms with Crippen LogP contribution in [0.15, 0.2) is 48.5 Å². The number of benzene rings is 2. The van der Waals surface area contributed by atoms with E-state index in [1.165, 1.54) is 0 Å². The second kappa shape index (κ2) is 9.59. The maximum absolute atomic E-state index is 13.3. The minimum Gasteiger partial charge on any atom is -0.496 e. The fraction of sp³-hybridized carbons (Fsp3) is 0.417. The summed E-state index contributed by atoms with van der Waals surface area (Å²) < 4.78 is 5.58. The summed E-state index contributed by atoms with van der Waals surface area (Å²) in [4.78, 5) is 28.0. The standard InChI is InChI=1S/C24H30N2O3/c1-4-5-15-26-22(27)14-13-20(23(26)19-11-6-7-12-21(19)29-3)24(28)25-18-10-8-9-17(2)16-18/h6-12,16,20,23H,4-5,13-15H2,1-3H3,(H,25,28). The van der Waals surface area contributed by atoms with Gasteiger partial charge in [0.1, 0.15) is 5.75 Å². The first kappa shape index (κ1) is 20.9. The van der Waals surface area contributed by atoms with E-state index in [2.05, 4.69) is 12.2 Å². The van der Waals surface area contributed by atoms with Crippen LogP contribution >= 0.6 is 0 Å². The number of hydrogen-bond donors (Lipinski definition) is 1. The number of hydrogen-bond acceptors (Lipinski definition) is 3. The second-order valence-corrected chi connectivity index (χ2v) is 7.63. The third kappa shape index (κ3) is 4.78. The summed E-state index contributed by atoms with van der Waals surface area (Å²) >= 11 is 0. The first-order valence-electron chi connectivity index (χ1n) is 10.3. The number of ether oxygens (including phenoxy) is 1. The van der Waals surface area contributed by atoms with E-state index >= 15 is 0 Å². The first-order valence-corrected chi connectivity index (χ1v) is 10.3. The molecule has 2 unspecified atom stereocenters. The third-order valence-corrected chi connectivity index (χ3v) is 5.54. The van der Waals surface area contributed by atoms with Crippen LogP contribution in [0.1, 0.15) is 49.8 Å². The topological polar surface area (TPSA) is 58.6 Å². The molecule has 2 aromatic carbocycles. The van der Waals surface area contributed by atoms with Crippen LogP contribution in [0.25, 0.3) is 0 Å². The number of rotatable bonds is 7. The zero-order valence-electron chi connectivity index (χ0n) is 17.5. The lowest BCUT2D eigenvalue weighted by atomic mass is 9.83. The number of methoxy groups -OCH3 is 1. The molecule has 0 spiro atoms. The lowest BCUT2D eigenvalue weighted by Crippen LogP contribution is -2.47. The predicted octanol–water partition coefficient (Wildman–Crippen LogP) is 4.72. The number of nitrogens with zero attached hydrogens (tertiary/aromatic N) is 1. The smallest absolute Gasteiger partial charge is 0.229 e. The van der Waals surface area contributed by atoms with Crippen LogP contribution in [0.4, 0.5) is 5.69 Å². The third-order valence-electron chi connectivity index (χ3n) is 5.54. The SMILES string of the molecule is CCCCN1C(=O)CCC(C(=O)Nc2cccc(C)c2)C1c1ccccc1OC. The highest BCUT2D eigenvalue weighted by atomic mass is 16.5. The molecule has 2 aromatic rings. The molecule has 1 aliphatic rings. The maximum atomic E-state index is 13.3. The average molecular weight is 395 g/mol. The normalized spacial score (nSPS) is 19.1. The number of anilines is 1. The Hall–Kier alpha value is -2.82. The number of unbranched alkanes of at least 4 members (excludes halogenated alkanes) is 1. The molecular formula is C24H30N2O3. The van der Waals surface area contributed by atoms with Crippen molar-refractivity contribution in [2.24, 2.45) is 5.92 Å². The molecule has 2 amide bonds. The van der Waals surface area contributed by atoms with Crippen molar-refractivity contribution in [3.8, 4) is 5.75 Å². The number of aryl methyl sites for hydroxylation is 1. The monoisotopic (exact) mass is 394 g/mol. The van der Waals surface area contributed by atoms with Gasteiger partial charge in [-0.05, 0) is 43.5 Å². The summed E-state index contributed by atoms with van der Waals surface area (Å²) in [6.07, 6.45) is 2.81. The van der Waals surface area contributed by atoms with E-state index < -0.39 is 0 Å². The van der Waals surface area contributed by atoms with Gasteiger partial charge in [-0.1, -0.05) is 43.7 Å². The van der Waals surface area contributed by atoms with Crippen LogP contribution in [0.3, 0.4) is 0 Å². The van der Waals surface area contributed by atoms with E-state index in [-0.39, 0.29) is 23.8 Å². The zero-order valence-corrected chi connectivity index (χ0v) is 17.5. The molecule has 1 heterocycles. The van der Waals surface area contributed by atoms with Gasteiger partial charge in [0.15, 0.2) is 0 Å². The largest absolute Gasteiger partial charge is 0.496 e. The quantitative estimate of drug-likeness (QED) is 0.739. The Morgan fingerprint density at radius 1 is 1.21 bits per heavy atom. The van der Waals surface area contributed by atoms with Crippen molar-refractivity contribution in [1.82, 2.24) is 4.90 Å². The van der Waals surface area contributed by atoms with Crippen molar-refractivity contribution >= 4 is 17.5 Å². The Bertz CT molecular complexity index is 865. The van der Waals surface area contributed by atoms with Gasteiger partial charge in [-0.25, -0.2) is 0 Å². The van der Waals surface area contributed by atoms with Crippen LogP contribution in [-0.4, -0.2) is 30.4 Å². The van der Waals surface area contributed by atoms with E-state index in [4.69, 9.17) is 4.74 Å². The van der Waals surface area contributed by atoms with Crippen molar-refractivity contribution < 1.29 is 14.3 Å². The van der Waals surface area contributed by atoms with E-state index in [0.717, 1.165) is 29.7 Å². The molecule has 0 saturated carbocycles. The zero-order chi connectivity index (χ0) is 20.8. The van der Waals surface area contributed by atoms with Crippen LogP contribution in [0, 0.1) is 12.8 Å². The number of para-hydroxylation sites is 1. The summed E-state index contributed by atoms with van der Waals surface area (Å²) in [5.41, 5.74) is 2.77. The van der Waals surface area contributed by atoms with Crippen molar-refractivity contribution in [3.05, 3.63) is 59.7 Å². The Labute approximate surface area is 173 Å². The molecule has 1 aliphatic heterocycles. The molecule has 154 valence electrons. The van der Waals surface area contributed by atoms with Crippen LogP contribution in [0.5, 0.6) is 5.75 Å². The van der Waals surface area contributed by atoms with E-state index in [9.17, 15) is 9.59 Å². The summed E-state index contributed by atoms with van der Waals surface area (Å²) in [5, 5.41) is 3.06. The molecule has 3 rings (SSSR count). The van der Waals surface area contributed by atoms with Crippen molar-refractivity contribution in [2.45, 2.75) is 45.6 Å². The molecular weight excluding hydrogens is 364 g/mol. The van der Waals surface area contributed by atoms with Crippen LogP contribution < -0.4 is 10.1 Å². The molecule has 5 nitrogen and oxygen atoms in total. The van der Waals surface area contributed by atoms with Gasteiger partial charge < -0.3 is 15.0 Å². The molecule has 5 heteroatoms. The number of carbonyl (C=O) groups is 2. The minimum absolute atomic E-state index is 0.0551. The van der Waals surface area contributed by atoms with E-state index in [0.29, 0.717) is 25.1 Å². The Balaban J connectivity index is 1.96. The highest BCUT2D eigenvalue weighted by Gasteiger charge is 2.41. The van der Waals surface area contributed by atoms with Gasteiger partial charge in [-0.3, -0.25) is 9.59 Å². The van der Waals surface area contributed by atoms with Gasteiger partial charge in [0.2, 0.25) is 11.8 Å². The highest BCUT2D eigenvalue weighted by Crippen LogP contribution is 2.41. The first-order chi connectivity index (χ1) is 14.0. The van der Waals surface area contributed by atoms with Gasteiger partial charge >= 0.3 is 0 Å². The van der Waals surface area contributed by atoms with Crippen molar-refractivity contribution in [3.63, 3.8) is 0 Å². The molecule has 0 radical (unpaired) electrons. The molecule has 29 heavy (non-hydrogen) atoms. The van der Waals surface area contributed by atoms with Gasteiger partial charge in [-0.15, -0.1) is 0 Å². The molecule has 0 aromatic heterocycles. The van der Waals surface area contributed by atoms with Gasteiger partial charge in [0.05, 0.1) is 19.1 Å². The number of carbonyl (C=O) groups excluding carboxylic acids is 2. The second-order valence-electron chi connectivity index (χ2n) is 7.63. The number of nitrogens with one attached hydrogen (secondary N) is 1. The van der Waals surface area contributed by atoms with Crippen molar-refractivity contribution in [1.29, 1.82) is 0 Å². The number of piperidine rings is 1. The van der Waals surface area contributed by atoms with Gasteiger partial charge in [-0.2, -0.15) is 0 Å². The average Bonchev–Trinajstić information content (AvgIpc) is 2.72. The Morgan fingerprint density at radius 2 is 2.00 bits per heavy atom. The Kier molecular flexibility index (Phi) is 6.91. The summed E-state index contributed by atoms with van der Waals surface area (Å²) in [7, 11) is 1.63. The molecule has 1 saturated heterocycles. The number of likely N-dealkylation sites (tertiary alicyclic amines) is 1. The molecule has 1 fully saturated rings. The van der Waals surface area contributed by atoms with E-state index in [1.54, 1.807) is 7.11 Å². The van der Waals surface area contributed by atoms with E-state index in [1.807, 2.05) is 60.4 Å². The van der Waals surface area contributed by atoms with Gasteiger partial charge in [0, 0.05) is 24.2 Å². The molecule has 1 N–H and O–H groups in total. The van der Waals surface area contributed by atoms with Crippen molar-refractivity contribution in [2.75, 3.05) is 19.0 Å². The van der Waals surface area contributed by atoms with Gasteiger partial charge in [0.25, 0.3) is 0 Å². The fourth-order valence-corrected chi connectivity index (χ4v) is 4.07. The predicted molar refractivity (Wildman–Crippen MR) is 115 cm³/mol. The lowest BCUT2D eigenvalue weighted by Gasteiger charge is -2.41. The maximum Gasteiger partial charge on any atom is 0.229 e. The lowest BCUT2D eigenvalue weighted by molar-refractivity contribution is -0.142. The Morgan fingerprint density at radius 3 is 2.72 bits per heavy atom. The molecule has 0 aliphatic carbocycles. The van der Waals surface area contributed by atoms with Crippen LogP contribution in [0.2, 0.25) is 0 Å². The number of amides is 2.